The summed E-state index contributed by atoms with van der Waals surface area (Å²) in [5.74, 6) is -1.77. The fraction of sp³-hybridized carbons (Fsp3) is 0.296. The number of rotatable bonds is 9. The second-order valence-electron chi connectivity index (χ2n) is 9.61. The molecule has 0 aromatic carbocycles. The minimum absolute atomic E-state index is 0.164. The number of halogens is 3. The summed E-state index contributed by atoms with van der Waals surface area (Å²) in [6.07, 6.45) is 3.09. The predicted molar refractivity (Wildman–Crippen MR) is 153 cm³/mol. The van der Waals surface area contributed by atoms with E-state index in [1.54, 1.807) is 40.7 Å². The van der Waals surface area contributed by atoms with Gasteiger partial charge in [0.1, 0.15) is 22.4 Å². The van der Waals surface area contributed by atoms with Crippen LogP contribution in [0.5, 0.6) is 0 Å². The molecule has 4 aromatic heterocycles. The molecule has 0 aliphatic rings. The van der Waals surface area contributed by atoms with Crippen molar-refractivity contribution in [2.45, 2.75) is 53.1 Å². The molecule has 0 bridgehead atoms. The van der Waals surface area contributed by atoms with Gasteiger partial charge < -0.3 is 15.3 Å². The summed E-state index contributed by atoms with van der Waals surface area (Å²) in [5.41, 5.74) is -0.361. The van der Waals surface area contributed by atoms with Crippen LogP contribution in [0.15, 0.2) is 52.4 Å². The lowest BCUT2D eigenvalue weighted by molar-refractivity contribution is -0.387. The Hall–Kier alpha value is -4.44. The Kier molecular flexibility index (Phi) is 9.10. The molecule has 4 aromatic rings. The van der Waals surface area contributed by atoms with Crippen LogP contribution in [0, 0.1) is 26.6 Å². The molecule has 13 nitrogen and oxygen atoms in total. The molecule has 0 saturated carbocycles. The molecule has 16 heteroatoms. The highest BCUT2D eigenvalue weighted by atomic mass is 35.5. The Bertz CT molecular complexity index is 1820. The third-order valence-corrected chi connectivity index (χ3v) is 6.66. The third kappa shape index (κ3) is 6.64. The lowest BCUT2D eigenvalue weighted by Crippen LogP contribution is -2.34. The first-order valence-electron chi connectivity index (χ1n) is 12.8. The smallest absolute Gasteiger partial charge is 0.323 e. The van der Waals surface area contributed by atoms with Crippen molar-refractivity contribution in [3.05, 3.63) is 98.0 Å². The zero-order valence-corrected chi connectivity index (χ0v) is 24.5. The van der Waals surface area contributed by atoms with E-state index >= 15 is 8.78 Å². The molecule has 226 valence electrons. The van der Waals surface area contributed by atoms with Crippen LogP contribution in [0.3, 0.4) is 0 Å². The molecular weight excluding hydrogens is 588 g/mol. The average Bonchev–Trinajstić information content (AvgIpc) is 3.55. The van der Waals surface area contributed by atoms with E-state index in [0.717, 1.165) is 10.8 Å². The molecule has 0 saturated heterocycles. The van der Waals surface area contributed by atoms with E-state index in [0.29, 0.717) is 27.7 Å². The second kappa shape index (κ2) is 12.4. The fourth-order valence-electron chi connectivity index (χ4n) is 4.29. The van der Waals surface area contributed by atoms with Crippen LogP contribution in [-0.4, -0.2) is 60.3 Å². The van der Waals surface area contributed by atoms with E-state index in [2.05, 4.69) is 30.3 Å². The quantitative estimate of drug-likeness (QED) is 0.189. The summed E-state index contributed by atoms with van der Waals surface area (Å²) in [4.78, 5) is 25.9. The van der Waals surface area contributed by atoms with Crippen LogP contribution in [0.4, 0.5) is 8.78 Å². The van der Waals surface area contributed by atoms with Gasteiger partial charge in [-0.15, -0.1) is 5.10 Å². The van der Waals surface area contributed by atoms with Crippen LogP contribution < -0.4 is 5.56 Å². The molecule has 1 atom stereocenters. The van der Waals surface area contributed by atoms with Crippen molar-refractivity contribution in [3.63, 3.8) is 0 Å². The first-order valence-corrected chi connectivity index (χ1v) is 13.2. The van der Waals surface area contributed by atoms with Crippen molar-refractivity contribution >= 4 is 23.5 Å². The van der Waals surface area contributed by atoms with Gasteiger partial charge in [-0.3, -0.25) is 14.4 Å². The fourth-order valence-corrected chi connectivity index (χ4v) is 4.62. The van der Waals surface area contributed by atoms with Crippen molar-refractivity contribution in [2.75, 3.05) is 0 Å². The standard InChI is InChI=1S/C27H28ClF2N9O4/c1-6-8-31-24(19-7-9-32-25(23(19)30)38-17(5)34-16(4)35-38)21(29)13-37-15(3)11-20(22(28)26(37)40)14(2)10-18-12-33-39(36-18)27(41,42)43/h6-9,11-14,41-43H,10H2,1-5H3/b8-6+,21-13-,31-24+. The lowest BCUT2D eigenvalue weighted by Gasteiger charge is -2.16. The molecule has 0 fully saturated rings. The van der Waals surface area contributed by atoms with Crippen LogP contribution in [-0.2, 0) is 12.5 Å². The minimum Gasteiger partial charge on any atom is -0.323 e. The van der Waals surface area contributed by atoms with Gasteiger partial charge in [-0.1, -0.05) is 29.4 Å². The van der Waals surface area contributed by atoms with Crippen LogP contribution in [0.25, 0.3) is 12.0 Å². The Labute approximate surface area is 248 Å². The third-order valence-electron chi connectivity index (χ3n) is 6.28. The first-order chi connectivity index (χ1) is 20.2. The van der Waals surface area contributed by atoms with Gasteiger partial charge in [-0.05, 0) is 57.7 Å². The van der Waals surface area contributed by atoms with Gasteiger partial charge in [0.2, 0.25) is 0 Å². The van der Waals surface area contributed by atoms with Gasteiger partial charge in [0.05, 0.1) is 18.1 Å². The number of aliphatic hydroxyl groups is 3. The van der Waals surface area contributed by atoms with Crippen LogP contribution in [0.2, 0.25) is 5.02 Å². The van der Waals surface area contributed by atoms with Crippen molar-refractivity contribution in [3.8, 4) is 5.82 Å². The highest BCUT2D eigenvalue weighted by Crippen LogP contribution is 2.27. The van der Waals surface area contributed by atoms with Gasteiger partial charge in [-0.25, -0.2) is 18.7 Å². The van der Waals surface area contributed by atoms with Crippen LogP contribution in [0.1, 0.15) is 53.9 Å². The van der Waals surface area contributed by atoms with Crippen molar-refractivity contribution in [1.29, 1.82) is 0 Å². The topological polar surface area (TPSA) is 169 Å². The Morgan fingerprint density at radius 2 is 1.95 bits per heavy atom. The van der Waals surface area contributed by atoms with Crippen molar-refractivity contribution in [1.82, 2.24) is 39.3 Å². The number of hydrogen-bond acceptors (Lipinski definition) is 10. The summed E-state index contributed by atoms with van der Waals surface area (Å²) in [5, 5.41) is 39.0. The number of aryl methyl sites for hydroxylation is 3. The van der Waals surface area contributed by atoms with E-state index < -0.39 is 34.9 Å². The Balaban J connectivity index is 1.73. The van der Waals surface area contributed by atoms with E-state index in [1.807, 2.05) is 0 Å². The number of nitrogens with zero attached hydrogens (tertiary/aromatic N) is 9. The highest BCUT2D eigenvalue weighted by Gasteiger charge is 2.26. The van der Waals surface area contributed by atoms with E-state index in [-0.39, 0.29) is 28.5 Å². The molecule has 1 unspecified atom stereocenters. The Morgan fingerprint density at radius 3 is 2.56 bits per heavy atom. The van der Waals surface area contributed by atoms with E-state index in [9.17, 15) is 20.1 Å². The van der Waals surface area contributed by atoms with Gasteiger partial charge in [0, 0.05) is 23.7 Å². The van der Waals surface area contributed by atoms with Gasteiger partial charge in [0.25, 0.3) is 5.56 Å². The molecule has 0 radical (unpaired) electrons. The number of aliphatic imine (C=N–C) groups is 1. The highest BCUT2D eigenvalue weighted by molar-refractivity contribution is 6.31. The summed E-state index contributed by atoms with van der Waals surface area (Å²) in [7, 11) is 0. The van der Waals surface area contributed by atoms with Crippen LogP contribution >= 0.6 is 11.6 Å². The molecule has 43 heavy (non-hydrogen) atoms. The molecule has 4 rings (SSSR count). The van der Waals surface area contributed by atoms with E-state index in [4.69, 9.17) is 11.6 Å². The maximum atomic E-state index is 15.9. The average molecular weight is 616 g/mol. The van der Waals surface area contributed by atoms with Gasteiger partial charge >= 0.3 is 6.10 Å². The molecule has 0 aliphatic carbocycles. The predicted octanol–water partition coefficient (Wildman–Crippen LogP) is 2.81. The second-order valence-corrected chi connectivity index (χ2v) is 9.99. The normalized spacial score (nSPS) is 13.7. The summed E-state index contributed by atoms with van der Waals surface area (Å²) in [6.45, 7) is 8.23. The minimum atomic E-state index is -3.27. The molecule has 0 aliphatic heterocycles. The molecule has 3 N–H and O–H groups in total. The molecule has 0 spiro atoms. The van der Waals surface area contributed by atoms with Gasteiger partial charge in [0.15, 0.2) is 17.5 Å². The molecule has 0 amide bonds. The lowest BCUT2D eigenvalue weighted by atomic mass is 9.96. The Morgan fingerprint density at radius 1 is 1.23 bits per heavy atom. The number of hydrogen-bond donors (Lipinski definition) is 3. The number of pyridine rings is 2. The van der Waals surface area contributed by atoms with Gasteiger partial charge in [-0.2, -0.15) is 14.9 Å². The largest absolute Gasteiger partial charge is 0.405 e. The maximum absolute atomic E-state index is 15.9. The first kappa shape index (κ1) is 31.5. The van der Waals surface area contributed by atoms with Crippen molar-refractivity contribution in [2.24, 2.45) is 4.99 Å². The molecular formula is C27H28ClF2N9O4. The van der Waals surface area contributed by atoms with E-state index in [1.165, 1.54) is 35.4 Å². The number of allylic oxidation sites excluding steroid dienone is 2. The summed E-state index contributed by atoms with van der Waals surface area (Å²) in [6, 6.07) is 2.84. The zero-order chi connectivity index (χ0) is 31.6. The maximum Gasteiger partial charge on any atom is 0.405 e. The summed E-state index contributed by atoms with van der Waals surface area (Å²) < 4.78 is 33.8. The SMILES string of the molecule is C/C=C/N=C(/C(F)=C/n1c(C)cc(C(C)Cc2cnn(C(O)(O)O)n2)c(Cl)c1=O)c1ccnc(-n2nc(C)nc2C)c1F. The number of aromatic nitrogens is 8. The molecule has 4 heterocycles. The monoisotopic (exact) mass is 615 g/mol. The summed E-state index contributed by atoms with van der Waals surface area (Å²) >= 11 is 6.43. The van der Waals surface area contributed by atoms with Crippen molar-refractivity contribution < 1.29 is 24.1 Å². The zero-order valence-electron chi connectivity index (χ0n) is 23.7.